The molecule has 82 valence electrons. The topological polar surface area (TPSA) is 25.2 Å². The third-order valence-electron chi connectivity index (χ3n) is 2.70. The molecule has 2 aromatic rings. The van der Waals surface area contributed by atoms with E-state index in [4.69, 9.17) is 0 Å². The molecule has 0 aliphatic heterocycles. The van der Waals surface area contributed by atoms with Crippen LogP contribution in [0.15, 0.2) is 30.5 Å². The summed E-state index contributed by atoms with van der Waals surface area (Å²) in [6.07, 6.45) is 2.86. The van der Waals surface area contributed by atoms with Gasteiger partial charge in [-0.25, -0.2) is 0 Å². The minimum Gasteiger partial charge on any atom is -0.392 e. The first-order valence-corrected chi connectivity index (χ1v) is 5.44. The van der Waals surface area contributed by atoms with E-state index in [0.29, 0.717) is 0 Å². The van der Waals surface area contributed by atoms with Gasteiger partial charge in [-0.1, -0.05) is 18.2 Å². The Morgan fingerprint density at radius 2 is 2.12 bits per heavy atom. The first kappa shape index (κ1) is 10.8. The molecule has 0 radical (unpaired) electrons. The molecule has 0 saturated heterocycles. The van der Waals surface area contributed by atoms with Crippen LogP contribution in [0.1, 0.15) is 18.9 Å². The van der Waals surface area contributed by atoms with Crippen LogP contribution in [0.5, 0.6) is 0 Å². The Bertz CT molecular complexity index is 543. The van der Waals surface area contributed by atoms with Crippen LogP contribution in [0.2, 0.25) is 0 Å². The Hall–Kier alpha value is -1.72. The quantitative estimate of drug-likeness (QED) is 0.779. The number of aromatic nitrogens is 1. The number of hydrogen-bond acceptors (Lipinski definition) is 1. The molecule has 0 aliphatic carbocycles. The zero-order chi connectivity index (χ0) is 11.4. The molecule has 0 amide bonds. The summed E-state index contributed by atoms with van der Waals surface area (Å²) >= 11 is 0. The van der Waals surface area contributed by atoms with Crippen molar-refractivity contribution in [3.8, 4) is 11.8 Å². The van der Waals surface area contributed by atoms with Gasteiger partial charge in [0, 0.05) is 35.6 Å². The van der Waals surface area contributed by atoms with Gasteiger partial charge in [-0.15, -0.1) is 11.8 Å². The molecule has 1 aromatic carbocycles. The summed E-state index contributed by atoms with van der Waals surface area (Å²) in [5, 5.41) is 10.4. The highest BCUT2D eigenvalue weighted by molar-refractivity contribution is 5.83. The molecular weight excluding hydrogens is 198 g/mol. The number of aliphatic hydroxyl groups is 1. The van der Waals surface area contributed by atoms with Crippen LogP contribution in [0.3, 0.4) is 0 Å². The highest BCUT2D eigenvalue weighted by atomic mass is 16.3. The van der Waals surface area contributed by atoms with Crippen molar-refractivity contribution in [3.63, 3.8) is 0 Å². The number of para-hydroxylation sites is 1. The van der Waals surface area contributed by atoms with Crippen molar-refractivity contribution in [1.82, 2.24) is 4.57 Å². The molecule has 0 fully saturated rings. The number of nitrogens with zero attached hydrogens (tertiary/aromatic N) is 1. The molecule has 16 heavy (non-hydrogen) atoms. The van der Waals surface area contributed by atoms with E-state index in [1.807, 2.05) is 31.3 Å². The highest BCUT2D eigenvalue weighted by Gasteiger charge is 2.05. The van der Waals surface area contributed by atoms with Crippen LogP contribution in [0, 0.1) is 11.8 Å². The molecule has 2 heteroatoms. The average molecular weight is 213 g/mol. The van der Waals surface area contributed by atoms with E-state index in [9.17, 15) is 5.11 Å². The molecule has 2 nitrogen and oxygen atoms in total. The van der Waals surface area contributed by atoms with Crippen LogP contribution < -0.4 is 0 Å². The van der Waals surface area contributed by atoms with E-state index in [1.54, 1.807) is 0 Å². The van der Waals surface area contributed by atoms with Crippen molar-refractivity contribution < 1.29 is 5.11 Å². The van der Waals surface area contributed by atoms with Crippen LogP contribution in [0.4, 0.5) is 0 Å². The predicted molar refractivity (Wildman–Crippen MR) is 65.9 cm³/mol. The molecule has 0 saturated carbocycles. The molecule has 0 bridgehead atoms. The van der Waals surface area contributed by atoms with Gasteiger partial charge in [-0.2, -0.15) is 0 Å². The summed E-state index contributed by atoms with van der Waals surface area (Å²) < 4.78 is 2.16. The van der Waals surface area contributed by atoms with Crippen molar-refractivity contribution in [1.29, 1.82) is 0 Å². The lowest BCUT2D eigenvalue weighted by Crippen LogP contribution is -1.94. The molecular formula is C14H15NO. The molecule has 0 unspecified atom stereocenters. The molecule has 1 heterocycles. The van der Waals surface area contributed by atoms with Crippen LogP contribution >= 0.6 is 0 Å². The lowest BCUT2D eigenvalue weighted by molar-refractivity contribution is 0.283. The van der Waals surface area contributed by atoms with E-state index in [2.05, 4.69) is 22.5 Å². The van der Waals surface area contributed by atoms with Gasteiger partial charge < -0.3 is 9.67 Å². The molecule has 0 atom stereocenters. The Labute approximate surface area is 95.5 Å². The molecule has 1 N–H and O–H groups in total. The lowest BCUT2D eigenvalue weighted by atomic mass is 10.2. The van der Waals surface area contributed by atoms with Gasteiger partial charge >= 0.3 is 0 Å². The third kappa shape index (κ3) is 1.95. The van der Waals surface area contributed by atoms with Crippen molar-refractivity contribution in [2.45, 2.75) is 26.5 Å². The van der Waals surface area contributed by atoms with Crippen molar-refractivity contribution >= 4 is 10.9 Å². The van der Waals surface area contributed by atoms with Crippen LogP contribution in [0.25, 0.3) is 10.9 Å². The monoisotopic (exact) mass is 213 g/mol. The number of rotatable bonds is 3. The van der Waals surface area contributed by atoms with E-state index < -0.39 is 0 Å². The Morgan fingerprint density at radius 1 is 1.31 bits per heavy atom. The fourth-order valence-corrected chi connectivity index (χ4v) is 1.94. The number of aliphatic hydroxyl groups excluding tert-OH is 1. The highest BCUT2D eigenvalue weighted by Crippen LogP contribution is 2.21. The van der Waals surface area contributed by atoms with Gasteiger partial charge in [-0.05, 0) is 13.0 Å². The average Bonchev–Trinajstić information content (AvgIpc) is 2.68. The van der Waals surface area contributed by atoms with E-state index in [-0.39, 0.29) is 6.61 Å². The maximum absolute atomic E-state index is 9.28. The minimum absolute atomic E-state index is 0.0902. The summed E-state index contributed by atoms with van der Waals surface area (Å²) in [6.45, 7) is 2.82. The standard InChI is InChI=1S/C14H15NO/c1-2-3-6-9-15-10-12(11-16)13-7-4-5-8-14(13)15/h4-5,7-8,10,16H,6,9,11H2,1H3. The second-order valence-electron chi connectivity index (χ2n) is 3.70. The van der Waals surface area contributed by atoms with E-state index >= 15 is 0 Å². The summed E-state index contributed by atoms with van der Waals surface area (Å²) in [4.78, 5) is 0. The smallest absolute Gasteiger partial charge is 0.0702 e. The van der Waals surface area contributed by atoms with Crippen molar-refractivity contribution in [3.05, 3.63) is 36.0 Å². The number of fused-ring (bicyclic) bond motifs is 1. The second kappa shape index (κ2) is 4.87. The maximum Gasteiger partial charge on any atom is 0.0702 e. The lowest BCUT2D eigenvalue weighted by Gasteiger charge is -2.00. The number of aryl methyl sites for hydroxylation is 1. The first-order valence-electron chi connectivity index (χ1n) is 5.44. The molecule has 0 spiro atoms. The van der Waals surface area contributed by atoms with E-state index in [0.717, 1.165) is 23.9 Å². The number of benzene rings is 1. The summed E-state index contributed by atoms with van der Waals surface area (Å²) in [5.74, 6) is 5.95. The van der Waals surface area contributed by atoms with Gasteiger partial charge in [0.2, 0.25) is 0 Å². The number of hydrogen-bond donors (Lipinski definition) is 1. The largest absolute Gasteiger partial charge is 0.392 e. The Kier molecular flexibility index (Phi) is 3.28. The van der Waals surface area contributed by atoms with Crippen molar-refractivity contribution in [2.75, 3.05) is 0 Å². The Balaban J connectivity index is 2.39. The van der Waals surface area contributed by atoms with Gasteiger partial charge in [-0.3, -0.25) is 0 Å². The van der Waals surface area contributed by atoms with Gasteiger partial charge in [0.05, 0.1) is 6.61 Å². The minimum atomic E-state index is 0.0902. The third-order valence-corrected chi connectivity index (χ3v) is 2.70. The molecule has 2 rings (SSSR count). The van der Waals surface area contributed by atoms with Gasteiger partial charge in [0.15, 0.2) is 0 Å². The first-order chi connectivity index (χ1) is 7.86. The van der Waals surface area contributed by atoms with Crippen LogP contribution in [-0.4, -0.2) is 9.67 Å². The molecule has 1 aromatic heterocycles. The zero-order valence-corrected chi connectivity index (χ0v) is 9.40. The second-order valence-corrected chi connectivity index (χ2v) is 3.70. The van der Waals surface area contributed by atoms with Gasteiger partial charge in [0.1, 0.15) is 0 Å². The summed E-state index contributed by atoms with van der Waals surface area (Å²) in [5.41, 5.74) is 2.16. The summed E-state index contributed by atoms with van der Waals surface area (Å²) in [7, 11) is 0. The maximum atomic E-state index is 9.28. The van der Waals surface area contributed by atoms with Crippen LogP contribution in [-0.2, 0) is 13.2 Å². The SMILES string of the molecule is CC#CCCn1cc(CO)c2ccccc21. The summed E-state index contributed by atoms with van der Waals surface area (Å²) in [6, 6.07) is 8.14. The normalized spacial score (nSPS) is 10.1. The zero-order valence-electron chi connectivity index (χ0n) is 9.40. The van der Waals surface area contributed by atoms with E-state index in [1.165, 1.54) is 5.52 Å². The van der Waals surface area contributed by atoms with Crippen molar-refractivity contribution in [2.24, 2.45) is 0 Å². The predicted octanol–water partition coefficient (Wildman–Crippen LogP) is 2.55. The molecule has 0 aliphatic rings. The fraction of sp³-hybridized carbons (Fsp3) is 0.286. The van der Waals surface area contributed by atoms with Gasteiger partial charge in [0.25, 0.3) is 0 Å². The fourth-order valence-electron chi connectivity index (χ4n) is 1.94. The Morgan fingerprint density at radius 3 is 2.88 bits per heavy atom.